The average Bonchev–Trinajstić information content (AvgIpc) is 3.02. The van der Waals surface area contributed by atoms with E-state index in [2.05, 4.69) is 27.7 Å². The van der Waals surface area contributed by atoms with Crippen LogP contribution in [0.15, 0.2) is 0 Å². The van der Waals surface area contributed by atoms with Gasteiger partial charge in [0.1, 0.15) is 12.2 Å². The molecule has 4 unspecified atom stereocenters. The van der Waals surface area contributed by atoms with E-state index in [0.29, 0.717) is 26.2 Å². The Balaban J connectivity index is 2.01. The van der Waals surface area contributed by atoms with Crippen LogP contribution in [0, 0.1) is 11.8 Å². The van der Waals surface area contributed by atoms with Crippen LogP contribution in [0.3, 0.4) is 0 Å². The molecule has 0 aromatic rings. The highest BCUT2D eigenvalue weighted by atomic mass is 16.7. The van der Waals surface area contributed by atoms with E-state index in [9.17, 15) is 9.90 Å². The van der Waals surface area contributed by atoms with Crippen molar-refractivity contribution in [3.63, 3.8) is 0 Å². The standard InChI is InChI=1S/C36H68O8/c1-6-10-14-15-16-17-18-19-20-21-30(39-22-11-7-2)26-32(38)43-33-28(5)35(40-23-12-8-3)42-31-25-29(27-37)36(44-34(31)33)41-24-13-9-4/h28-31,33-37H,6-27H2,1-5H3/t28?,29?,30-,31?,33-,34-,35+,36?/m1/s1. The molecule has 2 fully saturated rings. The summed E-state index contributed by atoms with van der Waals surface area (Å²) in [6.07, 6.45) is 16.5. The number of rotatable bonds is 26. The molecule has 0 saturated carbocycles. The highest BCUT2D eigenvalue weighted by Gasteiger charge is 2.52. The van der Waals surface area contributed by atoms with Gasteiger partial charge in [-0.05, 0) is 32.1 Å². The Morgan fingerprint density at radius 1 is 0.750 bits per heavy atom. The maximum Gasteiger partial charge on any atom is 0.308 e. The average molecular weight is 629 g/mol. The van der Waals surface area contributed by atoms with Gasteiger partial charge in [-0.25, -0.2) is 0 Å². The largest absolute Gasteiger partial charge is 0.459 e. The van der Waals surface area contributed by atoms with E-state index in [-0.39, 0.29) is 43.0 Å². The van der Waals surface area contributed by atoms with Crippen molar-refractivity contribution in [3.05, 3.63) is 0 Å². The Morgan fingerprint density at radius 3 is 1.93 bits per heavy atom. The molecule has 0 radical (unpaired) electrons. The zero-order chi connectivity index (χ0) is 32.0. The Kier molecular flexibility index (Phi) is 21.9. The molecule has 0 aromatic heterocycles. The highest BCUT2D eigenvalue weighted by molar-refractivity contribution is 5.70. The van der Waals surface area contributed by atoms with Crippen LogP contribution in [0.5, 0.6) is 0 Å². The number of ether oxygens (including phenoxy) is 6. The molecule has 2 aliphatic rings. The van der Waals surface area contributed by atoms with Crippen LogP contribution in [0.1, 0.15) is 150 Å². The van der Waals surface area contributed by atoms with Gasteiger partial charge in [0.2, 0.25) is 0 Å². The number of hydrogen-bond donors (Lipinski definition) is 1. The van der Waals surface area contributed by atoms with E-state index < -0.39 is 24.8 Å². The molecule has 8 atom stereocenters. The summed E-state index contributed by atoms with van der Waals surface area (Å²) in [5.41, 5.74) is 0. The molecule has 1 N–H and O–H groups in total. The SMILES string of the molecule is CCCCCCCCCCC[C@H](CC(=O)O[C@@H]1C(C)[C@@H](OCCCC)OC2CC(CO)C(OCCCC)O[C@H]21)OCCCC. The number of fused-ring (bicyclic) bond motifs is 1. The summed E-state index contributed by atoms with van der Waals surface area (Å²) < 4.78 is 37.5. The van der Waals surface area contributed by atoms with Gasteiger partial charge in [0.05, 0.1) is 25.2 Å². The van der Waals surface area contributed by atoms with E-state index in [0.717, 1.165) is 51.4 Å². The number of hydrogen-bond acceptors (Lipinski definition) is 8. The highest BCUT2D eigenvalue weighted by Crippen LogP contribution is 2.39. The minimum absolute atomic E-state index is 0.0552. The summed E-state index contributed by atoms with van der Waals surface area (Å²) in [4.78, 5) is 13.5. The van der Waals surface area contributed by atoms with Crippen molar-refractivity contribution in [1.29, 1.82) is 0 Å². The lowest BCUT2D eigenvalue weighted by Gasteiger charge is -2.50. The van der Waals surface area contributed by atoms with Crippen molar-refractivity contribution in [2.75, 3.05) is 26.4 Å². The third-order valence-corrected chi connectivity index (χ3v) is 9.10. The zero-order valence-corrected chi connectivity index (χ0v) is 29.0. The van der Waals surface area contributed by atoms with Crippen molar-refractivity contribution in [2.45, 2.75) is 187 Å². The molecule has 0 aromatic carbocycles. The second-order valence-electron chi connectivity index (χ2n) is 13.1. The number of carbonyl (C=O) groups excluding carboxylic acids is 1. The minimum atomic E-state index is -0.556. The summed E-state index contributed by atoms with van der Waals surface area (Å²) in [7, 11) is 0. The maximum absolute atomic E-state index is 13.5. The summed E-state index contributed by atoms with van der Waals surface area (Å²) in [6.45, 7) is 12.4. The molecule has 44 heavy (non-hydrogen) atoms. The van der Waals surface area contributed by atoms with Crippen molar-refractivity contribution in [1.82, 2.24) is 0 Å². The summed E-state index contributed by atoms with van der Waals surface area (Å²) in [5, 5.41) is 10.1. The van der Waals surface area contributed by atoms with Gasteiger partial charge >= 0.3 is 5.97 Å². The smallest absolute Gasteiger partial charge is 0.308 e. The van der Waals surface area contributed by atoms with E-state index in [1.165, 1.54) is 51.4 Å². The summed E-state index contributed by atoms with van der Waals surface area (Å²) in [6, 6.07) is 0. The normalized spacial score (nSPS) is 27.6. The topological polar surface area (TPSA) is 92.7 Å². The van der Waals surface area contributed by atoms with Crippen LogP contribution in [0.25, 0.3) is 0 Å². The second-order valence-corrected chi connectivity index (χ2v) is 13.1. The molecule has 260 valence electrons. The van der Waals surface area contributed by atoms with Crippen molar-refractivity contribution < 1.29 is 38.3 Å². The van der Waals surface area contributed by atoms with Gasteiger partial charge in [0.25, 0.3) is 0 Å². The van der Waals surface area contributed by atoms with Crippen molar-refractivity contribution in [2.24, 2.45) is 11.8 Å². The number of aliphatic hydroxyl groups is 1. The van der Waals surface area contributed by atoms with E-state index in [4.69, 9.17) is 28.4 Å². The van der Waals surface area contributed by atoms with Crippen LogP contribution in [0.2, 0.25) is 0 Å². The van der Waals surface area contributed by atoms with E-state index >= 15 is 0 Å². The first-order chi connectivity index (χ1) is 21.5. The number of unbranched alkanes of at least 4 members (excludes halogenated alkanes) is 11. The van der Waals surface area contributed by atoms with Crippen LogP contribution < -0.4 is 0 Å². The molecule has 0 aliphatic carbocycles. The fourth-order valence-corrected chi connectivity index (χ4v) is 6.17. The van der Waals surface area contributed by atoms with Gasteiger partial charge in [-0.3, -0.25) is 4.79 Å². The predicted molar refractivity (Wildman–Crippen MR) is 174 cm³/mol. The molecular weight excluding hydrogens is 560 g/mol. The molecule has 0 spiro atoms. The van der Waals surface area contributed by atoms with Gasteiger partial charge in [0, 0.05) is 31.7 Å². The first kappa shape index (κ1) is 39.4. The van der Waals surface area contributed by atoms with Crippen LogP contribution in [-0.4, -0.2) is 74.5 Å². The first-order valence-electron chi connectivity index (χ1n) is 18.4. The lowest BCUT2D eigenvalue weighted by molar-refractivity contribution is -0.343. The molecular formula is C36H68O8. The second kappa shape index (κ2) is 24.4. The lowest BCUT2D eigenvalue weighted by Crippen LogP contribution is -2.61. The van der Waals surface area contributed by atoms with E-state index in [1.807, 2.05) is 6.92 Å². The fraction of sp³-hybridized carbons (Fsp3) is 0.972. The van der Waals surface area contributed by atoms with E-state index in [1.54, 1.807) is 0 Å². The quantitative estimate of drug-likeness (QED) is 0.0759. The molecule has 0 bridgehead atoms. The van der Waals surface area contributed by atoms with Gasteiger partial charge in [-0.1, -0.05) is 112 Å². The van der Waals surface area contributed by atoms with Gasteiger partial charge in [-0.2, -0.15) is 0 Å². The Morgan fingerprint density at radius 2 is 1.32 bits per heavy atom. The third-order valence-electron chi connectivity index (χ3n) is 9.10. The number of carbonyl (C=O) groups is 1. The van der Waals surface area contributed by atoms with Gasteiger partial charge < -0.3 is 33.5 Å². The maximum atomic E-state index is 13.5. The molecule has 2 saturated heterocycles. The molecule has 2 heterocycles. The Hall–Kier alpha value is -0.770. The van der Waals surface area contributed by atoms with Gasteiger partial charge in [-0.15, -0.1) is 0 Å². The molecule has 0 amide bonds. The monoisotopic (exact) mass is 628 g/mol. The lowest BCUT2D eigenvalue weighted by atomic mass is 9.85. The third kappa shape index (κ3) is 14.8. The molecule has 8 nitrogen and oxygen atoms in total. The molecule has 2 aliphatic heterocycles. The summed E-state index contributed by atoms with van der Waals surface area (Å²) >= 11 is 0. The number of aliphatic hydroxyl groups excluding tert-OH is 1. The van der Waals surface area contributed by atoms with Crippen molar-refractivity contribution >= 4 is 5.97 Å². The summed E-state index contributed by atoms with van der Waals surface area (Å²) in [5.74, 6) is -0.679. The van der Waals surface area contributed by atoms with Crippen LogP contribution >= 0.6 is 0 Å². The van der Waals surface area contributed by atoms with Gasteiger partial charge in [0.15, 0.2) is 12.6 Å². The molecule has 2 rings (SSSR count). The first-order valence-corrected chi connectivity index (χ1v) is 18.4. The predicted octanol–water partition coefficient (Wildman–Crippen LogP) is 8.11. The van der Waals surface area contributed by atoms with Crippen LogP contribution in [-0.2, 0) is 33.2 Å². The Bertz CT molecular complexity index is 706. The number of esters is 1. The molecule has 8 heteroatoms. The minimum Gasteiger partial charge on any atom is -0.459 e. The Labute approximate surface area is 269 Å². The van der Waals surface area contributed by atoms with Crippen LogP contribution in [0.4, 0.5) is 0 Å². The fourth-order valence-electron chi connectivity index (χ4n) is 6.17. The zero-order valence-electron chi connectivity index (χ0n) is 29.0. The van der Waals surface area contributed by atoms with Crippen molar-refractivity contribution in [3.8, 4) is 0 Å².